The molecule has 2 heterocycles. The van der Waals surface area contributed by atoms with E-state index < -0.39 is 5.97 Å². The van der Waals surface area contributed by atoms with Crippen LogP contribution in [0.15, 0.2) is 16.2 Å². The molecule has 0 radical (unpaired) electrons. The Morgan fingerprint density at radius 2 is 2.31 bits per heavy atom. The molecular formula is C7H3NO3S2. The van der Waals surface area contributed by atoms with Crippen LogP contribution in [0.1, 0.15) is 10.4 Å². The van der Waals surface area contributed by atoms with Crippen molar-refractivity contribution in [2.45, 2.75) is 0 Å². The Morgan fingerprint density at radius 1 is 1.54 bits per heavy atom. The molecule has 13 heavy (non-hydrogen) atoms. The minimum absolute atomic E-state index is 0.196. The fraction of sp³-hybridized carbons (Fsp3) is 0. The van der Waals surface area contributed by atoms with E-state index in [-0.39, 0.29) is 10.4 Å². The molecule has 0 spiro atoms. The minimum atomic E-state index is -0.987. The van der Waals surface area contributed by atoms with Gasteiger partial charge in [-0.2, -0.15) is 4.98 Å². The third kappa shape index (κ3) is 1.45. The van der Waals surface area contributed by atoms with E-state index in [4.69, 9.17) is 5.11 Å². The van der Waals surface area contributed by atoms with Gasteiger partial charge in [-0.05, 0) is 6.07 Å². The maximum Gasteiger partial charge on any atom is 0.336 e. The van der Waals surface area contributed by atoms with Gasteiger partial charge in [0.05, 0.1) is 10.4 Å². The first-order valence-electron chi connectivity index (χ1n) is 3.29. The number of fused-ring (bicyclic) bond motifs is 1. The summed E-state index contributed by atoms with van der Waals surface area (Å²) in [6, 6.07) is 1.47. The molecule has 2 aliphatic rings. The average molecular weight is 213 g/mol. The predicted molar refractivity (Wildman–Crippen MR) is 49.8 cm³/mol. The molecule has 0 aliphatic carbocycles. The van der Waals surface area contributed by atoms with Crippen LogP contribution >= 0.6 is 22.7 Å². The van der Waals surface area contributed by atoms with Gasteiger partial charge in [0.1, 0.15) is 5.01 Å². The maximum atomic E-state index is 10.8. The number of thiazole rings is 1. The lowest BCUT2D eigenvalue weighted by Gasteiger charge is -1.95. The average Bonchev–Trinajstić information content (AvgIpc) is 2.42. The summed E-state index contributed by atoms with van der Waals surface area (Å²) in [5.74, 6) is -0.987. The van der Waals surface area contributed by atoms with Crippen LogP contribution in [0, 0.1) is 0 Å². The number of aromatic carboxylic acids is 1. The third-order valence-corrected chi connectivity index (χ3v) is 3.26. The van der Waals surface area contributed by atoms with Crippen molar-refractivity contribution < 1.29 is 9.90 Å². The van der Waals surface area contributed by atoms with Crippen LogP contribution in [0.4, 0.5) is 0 Å². The van der Waals surface area contributed by atoms with Crippen LogP contribution in [-0.2, 0) is 0 Å². The number of carboxylic acid groups (broad SMARTS) is 1. The molecule has 0 aromatic carbocycles. The quantitative estimate of drug-likeness (QED) is 0.776. The summed E-state index contributed by atoms with van der Waals surface area (Å²) in [4.78, 5) is 25.5. The number of carboxylic acids is 1. The van der Waals surface area contributed by atoms with Crippen molar-refractivity contribution in [2.75, 3.05) is 0 Å². The first-order chi connectivity index (χ1) is 6.16. The molecule has 0 aromatic rings. The van der Waals surface area contributed by atoms with Crippen molar-refractivity contribution in [1.29, 1.82) is 0 Å². The Hall–Kier alpha value is -1.27. The van der Waals surface area contributed by atoms with E-state index in [1.165, 1.54) is 22.8 Å². The van der Waals surface area contributed by atoms with Crippen LogP contribution < -0.4 is 4.87 Å². The molecule has 0 saturated carbocycles. The standard InChI is InChI=1S/C7H3NO3S2/c9-6(10)3-1-4-5(12-2-3)8-7(11)13-4/h1-2H,(H,9,10). The third-order valence-electron chi connectivity index (χ3n) is 1.43. The Bertz CT molecular complexity index is 487. The molecule has 66 valence electrons. The Kier molecular flexibility index (Phi) is 1.86. The van der Waals surface area contributed by atoms with Crippen LogP contribution in [0.25, 0.3) is 9.88 Å². The van der Waals surface area contributed by atoms with Crippen molar-refractivity contribution >= 4 is 28.6 Å². The van der Waals surface area contributed by atoms with Crippen molar-refractivity contribution in [3.63, 3.8) is 0 Å². The zero-order chi connectivity index (χ0) is 9.42. The van der Waals surface area contributed by atoms with Crippen molar-refractivity contribution in [3.05, 3.63) is 26.7 Å². The molecule has 1 N–H and O–H groups in total. The van der Waals surface area contributed by atoms with E-state index >= 15 is 0 Å². The molecule has 0 fully saturated rings. The van der Waals surface area contributed by atoms with Gasteiger partial charge < -0.3 is 5.11 Å². The molecule has 0 saturated heterocycles. The lowest BCUT2D eigenvalue weighted by atomic mass is 10.3. The number of hydrogen-bond donors (Lipinski definition) is 1. The summed E-state index contributed by atoms with van der Waals surface area (Å²) in [6.07, 6.45) is 0. The number of carbonyl (C=O) groups is 1. The van der Waals surface area contributed by atoms with E-state index in [1.54, 1.807) is 0 Å². The largest absolute Gasteiger partial charge is 0.478 e. The predicted octanol–water partition coefficient (Wildman–Crippen LogP) is 1.37. The van der Waals surface area contributed by atoms with E-state index in [9.17, 15) is 9.59 Å². The van der Waals surface area contributed by atoms with E-state index in [2.05, 4.69) is 4.98 Å². The normalized spacial score (nSPS) is 10.5. The van der Waals surface area contributed by atoms with Gasteiger partial charge in [-0.15, -0.1) is 11.3 Å². The zero-order valence-electron chi connectivity index (χ0n) is 6.18. The molecule has 0 aromatic heterocycles. The summed E-state index contributed by atoms with van der Waals surface area (Å²) in [5, 5.41) is 10.7. The van der Waals surface area contributed by atoms with Crippen LogP contribution in [0.3, 0.4) is 0 Å². The van der Waals surface area contributed by atoms with Gasteiger partial charge in [0.15, 0.2) is 0 Å². The Labute approximate surface area is 80.5 Å². The summed E-state index contributed by atoms with van der Waals surface area (Å²) in [6.45, 7) is 0. The van der Waals surface area contributed by atoms with Gasteiger partial charge in [-0.3, -0.25) is 4.79 Å². The number of aromatic nitrogens is 1. The van der Waals surface area contributed by atoms with Gasteiger partial charge in [0.2, 0.25) is 0 Å². The van der Waals surface area contributed by atoms with Gasteiger partial charge >= 0.3 is 10.8 Å². The molecule has 6 heteroatoms. The van der Waals surface area contributed by atoms with Crippen molar-refractivity contribution in [1.82, 2.24) is 4.98 Å². The number of rotatable bonds is 1. The lowest BCUT2D eigenvalue weighted by molar-refractivity contribution is 0.0697. The molecule has 2 rings (SSSR count). The second-order valence-corrected chi connectivity index (χ2v) is 4.14. The fourth-order valence-electron chi connectivity index (χ4n) is 0.881. The van der Waals surface area contributed by atoms with Gasteiger partial charge in [0, 0.05) is 5.38 Å². The Morgan fingerprint density at radius 3 is 3.00 bits per heavy atom. The first-order valence-corrected chi connectivity index (χ1v) is 4.99. The SMILES string of the molecule is O=C(O)c1csc2nc(=O)sc-2c1. The summed E-state index contributed by atoms with van der Waals surface area (Å²) < 4.78 is 0. The lowest BCUT2D eigenvalue weighted by Crippen LogP contribution is -1.94. The second kappa shape index (κ2) is 2.90. The summed E-state index contributed by atoms with van der Waals surface area (Å²) in [7, 11) is 0. The molecule has 0 amide bonds. The van der Waals surface area contributed by atoms with E-state index in [1.807, 2.05) is 0 Å². The molecule has 4 nitrogen and oxygen atoms in total. The minimum Gasteiger partial charge on any atom is -0.478 e. The fourth-order valence-corrected chi connectivity index (χ4v) is 2.57. The molecule has 0 bridgehead atoms. The molecule has 2 aliphatic heterocycles. The van der Waals surface area contributed by atoms with E-state index in [0.29, 0.717) is 9.88 Å². The van der Waals surface area contributed by atoms with Crippen molar-refractivity contribution in [2.24, 2.45) is 0 Å². The number of hydrogen-bond acceptors (Lipinski definition) is 5. The van der Waals surface area contributed by atoms with Crippen LogP contribution in [0.5, 0.6) is 0 Å². The first kappa shape index (κ1) is 8.33. The van der Waals surface area contributed by atoms with Crippen molar-refractivity contribution in [3.8, 4) is 9.88 Å². The van der Waals surface area contributed by atoms with Crippen LogP contribution in [-0.4, -0.2) is 16.1 Å². The van der Waals surface area contributed by atoms with Gasteiger partial charge in [-0.25, -0.2) is 4.79 Å². The monoisotopic (exact) mass is 213 g/mol. The highest BCUT2D eigenvalue weighted by Crippen LogP contribution is 2.27. The Balaban J connectivity index is 2.69. The number of nitrogens with zero attached hydrogens (tertiary/aromatic N) is 1. The van der Waals surface area contributed by atoms with Crippen LogP contribution in [0.2, 0.25) is 0 Å². The molecular weight excluding hydrogens is 210 g/mol. The maximum absolute atomic E-state index is 10.8. The zero-order valence-corrected chi connectivity index (χ0v) is 7.82. The topological polar surface area (TPSA) is 67.3 Å². The highest BCUT2D eigenvalue weighted by Gasteiger charge is 2.12. The molecule has 0 unspecified atom stereocenters. The highest BCUT2D eigenvalue weighted by atomic mass is 32.1. The smallest absolute Gasteiger partial charge is 0.336 e. The summed E-state index contributed by atoms with van der Waals surface area (Å²) >= 11 is 2.14. The highest BCUT2D eigenvalue weighted by molar-refractivity contribution is 7.20. The van der Waals surface area contributed by atoms with Gasteiger partial charge in [0.25, 0.3) is 0 Å². The van der Waals surface area contributed by atoms with Gasteiger partial charge in [-0.1, -0.05) is 11.3 Å². The summed E-state index contributed by atoms with van der Waals surface area (Å²) in [5.41, 5.74) is 0.196. The second-order valence-electron chi connectivity index (χ2n) is 2.29. The van der Waals surface area contributed by atoms with E-state index in [0.717, 1.165) is 11.3 Å². The molecule has 0 atom stereocenters.